The summed E-state index contributed by atoms with van der Waals surface area (Å²) < 4.78 is 5.48. The Hall–Kier alpha value is -3.07. The molecule has 3 heteroatoms. The lowest BCUT2D eigenvalue weighted by Crippen LogP contribution is -2.18. The van der Waals surface area contributed by atoms with E-state index < -0.39 is 0 Å². The highest BCUT2D eigenvalue weighted by molar-refractivity contribution is 6.08. The molecule has 0 fully saturated rings. The molecule has 0 amide bonds. The zero-order valence-electron chi connectivity index (χ0n) is 16.8. The number of nitrogens with zero attached hydrogens (tertiary/aromatic N) is 1. The van der Waals surface area contributed by atoms with Crippen LogP contribution >= 0.6 is 0 Å². The van der Waals surface area contributed by atoms with E-state index in [9.17, 15) is 0 Å². The molecule has 28 heavy (non-hydrogen) atoms. The lowest BCUT2D eigenvalue weighted by Gasteiger charge is -2.22. The Balaban J connectivity index is 1.86. The molecule has 0 bridgehead atoms. The first-order chi connectivity index (χ1) is 13.6. The predicted octanol–water partition coefficient (Wildman–Crippen LogP) is 5.88. The van der Waals surface area contributed by atoms with E-state index >= 15 is 0 Å². The van der Waals surface area contributed by atoms with E-state index in [1.807, 2.05) is 30.3 Å². The minimum atomic E-state index is -0.164. The second kappa shape index (κ2) is 7.51. The van der Waals surface area contributed by atoms with Crippen LogP contribution in [0.5, 0.6) is 5.75 Å². The smallest absolute Gasteiger partial charge is 0.165 e. The quantitative estimate of drug-likeness (QED) is 0.573. The summed E-state index contributed by atoms with van der Waals surface area (Å²) in [5.74, 6) is 0.838. The zero-order valence-corrected chi connectivity index (χ0v) is 16.8. The van der Waals surface area contributed by atoms with Gasteiger partial charge < -0.3 is 9.57 Å². The van der Waals surface area contributed by atoms with Gasteiger partial charge in [-0.2, -0.15) is 0 Å². The van der Waals surface area contributed by atoms with Crippen LogP contribution in [0.3, 0.4) is 0 Å². The van der Waals surface area contributed by atoms with E-state index in [0.717, 1.165) is 22.6 Å². The molecule has 2 atom stereocenters. The predicted molar refractivity (Wildman–Crippen MR) is 113 cm³/mol. The zero-order chi connectivity index (χ0) is 19.7. The number of rotatable bonds is 4. The van der Waals surface area contributed by atoms with E-state index in [1.165, 1.54) is 22.3 Å². The fourth-order valence-corrected chi connectivity index (χ4v) is 4.22. The number of hydrogen-bond donors (Lipinski definition) is 0. The number of oxime groups is 1. The van der Waals surface area contributed by atoms with Gasteiger partial charge >= 0.3 is 0 Å². The molecule has 0 unspecified atom stereocenters. The number of methoxy groups -OCH3 is 1. The first-order valence-corrected chi connectivity index (χ1v) is 9.59. The molecule has 0 N–H and O–H groups in total. The molecule has 0 saturated heterocycles. The van der Waals surface area contributed by atoms with Gasteiger partial charge in [-0.15, -0.1) is 0 Å². The van der Waals surface area contributed by atoms with Crippen LogP contribution in [-0.2, 0) is 4.84 Å². The summed E-state index contributed by atoms with van der Waals surface area (Å²) in [4.78, 5) is 6.03. The van der Waals surface area contributed by atoms with Crippen molar-refractivity contribution in [3.05, 3.63) is 100 Å². The van der Waals surface area contributed by atoms with Gasteiger partial charge in [-0.3, -0.25) is 0 Å². The summed E-state index contributed by atoms with van der Waals surface area (Å²) in [7, 11) is 1.70. The van der Waals surface area contributed by atoms with Crippen LogP contribution in [0.2, 0.25) is 0 Å². The third-order valence-electron chi connectivity index (χ3n) is 5.38. The third kappa shape index (κ3) is 3.29. The van der Waals surface area contributed by atoms with Crippen LogP contribution in [0.25, 0.3) is 0 Å². The molecule has 0 radical (unpaired) electrons. The molecular weight excluding hydrogens is 346 g/mol. The number of ether oxygens (including phenoxy) is 1. The molecular formula is C25H25NO2. The third-order valence-corrected chi connectivity index (χ3v) is 5.38. The summed E-state index contributed by atoms with van der Waals surface area (Å²) in [6, 6.07) is 23.0. The minimum Gasteiger partial charge on any atom is -0.497 e. The van der Waals surface area contributed by atoms with Crippen molar-refractivity contribution in [3.63, 3.8) is 0 Å². The topological polar surface area (TPSA) is 30.8 Å². The molecule has 1 heterocycles. The Kier molecular flexibility index (Phi) is 4.91. The highest BCUT2D eigenvalue weighted by Gasteiger charge is 2.38. The summed E-state index contributed by atoms with van der Waals surface area (Å²) in [5.41, 5.74) is 8.13. The van der Waals surface area contributed by atoms with Gasteiger partial charge in [-0.05, 0) is 55.2 Å². The van der Waals surface area contributed by atoms with Gasteiger partial charge in [0.15, 0.2) is 6.10 Å². The Labute approximate surface area is 166 Å². The highest BCUT2D eigenvalue weighted by atomic mass is 16.6. The van der Waals surface area contributed by atoms with Crippen molar-refractivity contribution in [2.75, 3.05) is 7.11 Å². The summed E-state index contributed by atoms with van der Waals surface area (Å²) in [6.07, 6.45) is -0.164. The van der Waals surface area contributed by atoms with E-state index in [4.69, 9.17) is 9.57 Å². The van der Waals surface area contributed by atoms with Crippen molar-refractivity contribution in [2.45, 2.75) is 32.8 Å². The first kappa shape index (κ1) is 18.3. The molecule has 142 valence electrons. The maximum atomic E-state index is 6.03. The van der Waals surface area contributed by atoms with Gasteiger partial charge in [0.25, 0.3) is 0 Å². The fraction of sp³-hybridized carbons (Fsp3) is 0.240. The maximum absolute atomic E-state index is 6.03. The molecule has 0 spiro atoms. The molecule has 3 aromatic carbocycles. The molecule has 3 aromatic rings. The first-order valence-electron chi connectivity index (χ1n) is 9.59. The maximum Gasteiger partial charge on any atom is 0.165 e. The van der Waals surface area contributed by atoms with E-state index in [2.05, 4.69) is 62.3 Å². The molecule has 0 aromatic heterocycles. The molecule has 0 aliphatic carbocycles. The summed E-state index contributed by atoms with van der Waals surface area (Å²) in [6.45, 7) is 6.43. The highest BCUT2D eigenvalue weighted by Crippen LogP contribution is 2.43. The lowest BCUT2D eigenvalue weighted by atomic mass is 9.81. The van der Waals surface area contributed by atoms with Gasteiger partial charge in [0.05, 0.1) is 18.7 Å². The number of benzene rings is 3. The van der Waals surface area contributed by atoms with Crippen molar-refractivity contribution in [1.29, 1.82) is 0 Å². The molecule has 1 aliphatic rings. The van der Waals surface area contributed by atoms with Crippen LogP contribution in [0.4, 0.5) is 0 Å². The van der Waals surface area contributed by atoms with Gasteiger partial charge in [0.2, 0.25) is 0 Å². The van der Waals surface area contributed by atoms with Gasteiger partial charge in [-0.25, -0.2) is 0 Å². The van der Waals surface area contributed by atoms with Crippen molar-refractivity contribution in [3.8, 4) is 5.75 Å². The van der Waals surface area contributed by atoms with Crippen molar-refractivity contribution in [2.24, 2.45) is 5.16 Å². The van der Waals surface area contributed by atoms with Crippen LogP contribution in [0.15, 0.2) is 71.9 Å². The monoisotopic (exact) mass is 371 g/mol. The number of hydrogen-bond acceptors (Lipinski definition) is 3. The second-order valence-electron chi connectivity index (χ2n) is 7.44. The molecule has 4 rings (SSSR count). The summed E-state index contributed by atoms with van der Waals surface area (Å²) in [5, 5.41) is 4.60. The van der Waals surface area contributed by atoms with Crippen molar-refractivity contribution >= 4 is 5.71 Å². The minimum absolute atomic E-state index is 0.00222. The van der Waals surface area contributed by atoms with Crippen LogP contribution < -0.4 is 4.74 Å². The molecule has 0 saturated carbocycles. The van der Waals surface area contributed by atoms with Crippen molar-refractivity contribution < 1.29 is 9.57 Å². The Morgan fingerprint density at radius 2 is 1.50 bits per heavy atom. The van der Waals surface area contributed by atoms with Crippen molar-refractivity contribution in [1.82, 2.24) is 0 Å². The number of aryl methyl sites for hydroxylation is 3. The van der Waals surface area contributed by atoms with Gasteiger partial charge in [0.1, 0.15) is 5.75 Å². The SMILES string of the molecule is COc1cccc([C@H]2C(c3c(C)cc(C)cc3C)=NO[C@@H]2c2ccccc2)c1. The van der Waals surface area contributed by atoms with E-state index in [1.54, 1.807) is 7.11 Å². The molecule has 1 aliphatic heterocycles. The largest absolute Gasteiger partial charge is 0.497 e. The van der Waals surface area contributed by atoms with Crippen LogP contribution in [0.1, 0.15) is 45.4 Å². The van der Waals surface area contributed by atoms with Crippen LogP contribution in [-0.4, -0.2) is 12.8 Å². The summed E-state index contributed by atoms with van der Waals surface area (Å²) >= 11 is 0. The Morgan fingerprint density at radius 3 is 2.18 bits per heavy atom. The molecule has 3 nitrogen and oxygen atoms in total. The second-order valence-corrected chi connectivity index (χ2v) is 7.44. The normalized spacial score (nSPS) is 18.5. The fourth-order valence-electron chi connectivity index (χ4n) is 4.22. The Bertz CT molecular complexity index is 1000. The van der Waals surface area contributed by atoms with E-state index in [0.29, 0.717) is 0 Å². The average Bonchev–Trinajstić information content (AvgIpc) is 3.12. The average molecular weight is 371 g/mol. The lowest BCUT2D eigenvalue weighted by molar-refractivity contribution is 0.0762. The van der Waals surface area contributed by atoms with Gasteiger partial charge in [0, 0.05) is 5.56 Å². The van der Waals surface area contributed by atoms with Gasteiger partial charge in [-0.1, -0.05) is 65.3 Å². The van der Waals surface area contributed by atoms with E-state index in [-0.39, 0.29) is 12.0 Å². The van der Waals surface area contributed by atoms with Crippen LogP contribution in [0, 0.1) is 20.8 Å². The Morgan fingerprint density at radius 1 is 0.821 bits per heavy atom. The standard InChI is InChI=1S/C25H25NO2/c1-16-13-17(2)22(18(3)14-16)24-23(20-11-8-12-21(15-20)27-4)25(28-26-24)19-9-6-5-7-10-19/h5-15,23,25H,1-4H3/t23-,25+/m0/s1.